The summed E-state index contributed by atoms with van der Waals surface area (Å²) in [6.45, 7) is 1.47. The van der Waals surface area contributed by atoms with Gasteiger partial charge in [-0.3, -0.25) is 0 Å². The smallest absolute Gasteiger partial charge is 0.226 e. The third-order valence-electron chi connectivity index (χ3n) is 3.82. The van der Waals surface area contributed by atoms with E-state index < -0.39 is 5.83 Å². The fourth-order valence-electron chi connectivity index (χ4n) is 2.49. The van der Waals surface area contributed by atoms with Gasteiger partial charge in [-0.1, -0.05) is 35.5 Å². The molecule has 3 rings (SSSR count). The third-order valence-corrected chi connectivity index (χ3v) is 3.82. The van der Waals surface area contributed by atoms with Crippen molar-refractivity contribution in [1.29, 1.82) is 0 Å². The van der Waals surface area contributed by atoms with Gasteiger partial charge in [0, 0.05) is 7.05 Å². The summed E-state index contributed by atoms with van der Waals surface area (Å²) >= 11 is 0. The Balaban J connectivity index is 1.65. The first kappa shape index (κ1) is 19.3. The van der Waals surface area contributed by atoms with Crippen LogP contribution in [0, 0.1) is 12.7 Å². The molecule has 2 aromatic carbocycles. The van der Waals surface area contributed by atoms with Crippen LogP contribution in [0.15, 0.2) is 65.6 Å². The zero-order valence-electron chi connectivity index (χ0n) is 15.5. The number of rotatable bonds is 7. The highest BCUT2D eigenvalue weighted by Gasteiger charge is 2.14. The number of ether oxygens (including phenoxy) is 1. The van der Waals surface area contributed by atoms with Gasteiger partial charge in [0.25, 0.3) is 0 Å². The molecule has 144 valence electrons. The molecule has 3 aromatic rings. The lowest BCUT2D eigenvalue weighted by Crippen LogP contribution is -1.97. The lowest BCUT2D eigenvalue weighted by atomic mass is 10.2. The Morgan fingerprint density at radius 1 is 1.14 bits per heavy atom. The van der Waals surface area contributed by atoms with Crippen LogP contribution < -0.4 is 4.74 Å². The summed E-state index contributed by atoms with van der Waals surface area (Å²) in [6, 6.07) is 14.8. The number of halogens is 2. The molecule has 7 heteroatoms. The number of oxime groups is 1. The van der Waals surface area contributed by atoms with E-state index >= 15 is 0 Å². The molecule has 1 aromatic heterocycles. The Morgan fingerprint density at radius 2 is 1.86 bits per heavy atom. The van der Waals surface area contributed by atoms with Crippen LogP contribution in [0.25, 0.3) is 6.08 Å². The van der Waals surface area contributed by atoms with Gasteiger partial charge in [0.2, 0.25) is 5.88 Å². The van der Waals surface area contributed by atoms with Gasteiger partial charge in [-0.05, 0) is 42.8 Å². The van der Waals surface area contributed by atoms with Crippen LogP contribution in [0.1, 0.15) is 16.8 Å². The van der Waals surface area contributed by atoms with E-state index in [1.165, 1.54) is 36.6 Å². The van der Waals surface area contributed by atoms with Crippen LogP contribution in [-0.2, 0) is 11.9 Å². The highest BCUT2D eigenvalue weighted by atomic mass is 19.1. The van der Waals surface area contributed by atoms with Crippen LogP contribution in [0.5, 0.6) is 11.6 Å². The maximum absolute atomic E-state index is 13.9. The Morgan fingerprint density at radius 3 is 2.57 bits per heavy atom. The van der Waals surface area contributed by atoms with Crippen molar-refractivity contribution in [3.63, 3.8) is 0 Å². The Kier molecular flexibility index (Phi) is 6.16. The molecule has 0 radical (unpaired) electrons. The van der Waals surface area contributed by atoms with Crippen molar-refractivity contribution >= 4 is 12.3 Å². The average Bonchev–Trinajstić information content (AvgIpc) is 2.94. The zero-order valence-corrected chi connectivity index (χ0v) is 15.5. The molecule has 0 amide bonds. The molecule has 0 N–H and O–H groups in total. The van der Waals surface area contributed by atoms with Crippen LogP contribution in [-0.4, -0.2) is 22.6 Å². The number of hydrogen-bond acceptors (Lipinski definition) is 4. The second kappa shape index (κ2) is 8.94. The minimum Gasteiger partial charge on any atom is -0.439 e. The Hall–Kier alpha value is -3.48. The van der Waals surface area contributed by atoms with E-state index in [1.54, 1.807) is 11.7 Å². The molecule has 0 saturated heterocycles. The van der Waals surface area contributed by atoms with Crippen molar-refractivity contribution in [3.05, 3.63) is 83.1 Å². The molecule has 0 bridgehead atoms. The number of benzene rings is 2. The minimum absolute atomic E-state index is 0.345. The highest BCUT2D eigenvalue weighted by Crippen LogP contribution is 2.25. The van der Waals surface area contributed by atoms with Gasteiger partial charge in [0.1, 0.15) is 17.4 Å². The molecule has 0 unspecified atom stereocenters. The zero-order chi connectivity index (χ0) is 19.9. The molecule has 28 heavy (non-hydrogen) atoms. The van der Waals surface area contributed by atoms with E-state index in [4.69, 9.17) is 9.57 Å². The van der Waals surface area contributed by atoms with E-state index in [-0.39, 0.29) is 12.4 Å². The second-order valence-corrected chi connectivity index (χ2v) is 5.99. The molecule has 0 saturated carbocycles. The SMILES string of the molecule is Cc1nn(C)c(Oc2ccccc2)c1C=NOCC(F)=Cc1ccc(F)cc1. The lowest BCUT2D eigenvalue weighted by Gasteiger charge is -2.06. The predicted octanol–water partition coefficient (Wildman–Crippen LogP) is 5.02. The molecule has 0 spiro atoms. The summed E-state index contributed by atoms with van der Waals surface area (Å²) in [6.07, 6.45) is 2.69. The standard InChI is InChI=1S/C21H19F2N3O2/c1-15-20(21(26(2)25-15)28-19-6-4-3-5-7-19)13-24-27-14-18(23)12-16-8-10-17(22)11-9-16/h3-13H,14H2,1-2H3. The van der Waals surface area contributed by atoms with Gasteiger partial charge in [-0.25, -0.2) is 13.5 Å². The van der Waals surface area contributed by atoms with Crippen molar-refractivity contribution in [2.24, 2.45) is 12.2 Å². The first-order chi connectivity index (χ1) is 13.5. The number of nitrogens with zero attached hydrogens (tertiary/aromatic N) is 3. The van der Waals surface area contributed by atoms with Gasteiger partial charge in [-0.15, -0.1) is 0 Å². The van der Waals surface area contributed by atoms with Gasteiger partial charge in [-0.2, -0.15) is 5.10 Å². The summed E-state index contributed by atoms with van der Waals surface area (Å²) in [7, 11) is 1.76. The topological polar surface area (TPSA) is 48.6 Å². The molecule has 5 nitrogen and oxygen atoms in total. The van der Waals surface area contributed by atoms with E-state index in [9.17, 15) is 8.78 Å². The van der Waals surface area contributed by atoms with Crippen LogP contribution in [0.2, 0.25) is 0 Å². The summed E-state index contributed by atoms with van der Waals surface area (Å²) in [5, 5.41) is 8.13. The van der Waals surface area contributed by atoms with Crippen molar-refractivity contribution in [3.8, 4) is 11.6 Å². The maximum Gasteiger partial charge on any atom is 0.226 e. The summed E-state index contributed by atoms with van der Waals surface area (Å²) in [5.74, 6) is 0.249. The van der Waals surface area contributed by atoms with Crippen molar-refractivity contribution in [2.75, 3.05) is 6.61 Å². The minimum atomic E-state index is -0.535. The maximum atomic E-state index is 13.9. The van der Waals surface area contributed by atoms with Crippen molar-refractivity contribution in [2.45, 2.75) is 6.92 Å². The fourth-order valence-corrected chi connectivity index (χ4v) is 2.49. The average molecular weight is 383 g/mol. The van der Waals surface area contributed by atoms with Crippen LogP contribution in [0.3, 0.4) is 0 Å². The van der Waals surface area contributed by atoms with Gasteiger partial charge >= 0.3 is 0 Å². The lowest BCUT2D eigenvalue weighted by molar-refractivity contribution is 0.155. The molecule has 0 aliphatic heterocycles. The largest absolute Gasteiger partial charge is 0.439 e. The normalized spacial score (nSPS) is 11.8. The van der Waals surface area contributed by atoms with E-state index in [0.717, 1.165) is 0 Å². The Labute approximate surface area is 161 Å². The van der Waals surface area contributed by atoms with Crippen molar-refractivity contribution in [1.82, 2.24) is 9.78 Å². The van der Waals surface area contributed by atoms with E-state index in [1.807, 2.05) is 37.3 Å². The summed E-state index contributed by atoms with van der Waals surface area (Å²) in [5.41, 5.74) is 1.87. The quantitative estimate of drug-likeness (QED) is 0.425. The summed E-state index contributed by atoms with van der Waals surface area (Å²) < 4.78 is 34.2. The molecule has 1 heterocycles. The molecular weight excluding hydrogens is 364 g/mol. The van der Waals surface area contributed by atoms with E-state index in [2.05, 4.69) is 10.3 Å². The third kappa shape index (κ3) is 5.03. The first-order valence-electron chi connectivity index (χ1n) is 8.56. The number of hydrogen-bond donors (Lipinski definition) is 0. The predicted molar refractivity (Wildman–Crippen MR) is 103 cm³/mol. The van der Waals surface area contributed by atoms with Gasteiger partial charge in [0.05, 0.1) is 17.5 Å². The second-order valence-electron chi connectivity index (χ2n) is 5.99. The molecule has 0 fully saturated rings. The Bertz CT molecular complexity index is 981. The highest BCUT2D eigenvalue weighted by molar-refractivity contribution is 5.84. The molecule has 0 atom stereocenters. The van der Waals surface area contributed by atoms with Crippen molar-refractivity contribution < 1.29 is 18.4 Å². The molecular formula is C21H19F2N3O2. The molecule has 0 aliphatic rings. The molecule has 0 aliphatic carbocycles. The summed E-state index contributed by atoms with van der Waals surface area (Å²) in [4.78, 5) is 5.02. The van der Waals surface area contributed by atoms with Gasteiger partial charge in [0.15, 0.2) is 6.61 Å². The van der Waals surface area contributed by atoms with E-state index in [0.29, 0.717) is 28.5 Å². The van der Waals surface area contributed by atoms with Crippen LogP contribution in [0.4, 0.5) is 8.78 Å². The number of aromatic nitrogens is 2. The first-order valence-corrected chi connectivity index (χ1v) is 8.56. The van der Waals surface area contributed by atoms with Gasteiger partial charge < -0.3 is 9.57 Å². The number of para-hydroxylation sites is 1. The number of aryl methyl sites for hydroxylation is 2. The monoisotopic (exact) mass is 383 g/mol. The van der Waals surface area contributed by atoms with Crippen LogP contribution >= 0.6 is 0 Å². The fraction of sp³-hybridized carbons (Fsp3) is 0.143.